The number of benzene rings is 4. The van der Waals surface area contributed by atoms with Gasteiger partial charge in [0.25, 0.3) is 45.6 Å². The molecule has 4 aromatic rings. The lowest BCUT2D eigenvalue weighted by Gasteiger charge is -2.18. The lowest BCUT2D eigenvalue weighted by atomic mass is 9.90. The van der Waals surface area contributed by atoms with Gasteiger partial charge in [0.2, 0.25) is 11.1 Å². The molecular formula is C28H8F6N12O25. The Morgan fingerprint density at radius 1 is 0.324 bits per heavy atom. The maximum absolute atomic E-state index is 15.2. The van der Waals surface area contributed by atoms with Crippen molar-refractivity contribution >= 4 is 68.2 Å². The van der Waals surface area contributed by atoms with Gasteiger partial charge in [0, 0.05) is 0 Å². The molecule has 0 aromatic heterocycles. The molecule has 37 nitrogen and oxygen atoms in total. The molecule has 0 saturated carbocycles. The van der Waals surface area contributed by atoms with Gasteiger partial charge in [-0.25, -0.2) is 0 Å². The van der Waals surface area contributed by atoms with E-state index in [0.29, 0.717) is 0 Å². The Labute approximate surface area is 374 Å². The fourth-order valence-corrected chi connectivity index (χ4v) is 6.84. The van der Waals surface area contributed by atoms with Crippen molar-refractivity contribution in [1.82, 2.24) is 0 Å². The fourth-order valence-electron chi connectivity index (χ4n) is 6.84. The zero-order valence-corrected chi connectivity index (χ0v) is 33.0. The first-order chi connectivity index (χ1) is 32.4. The van der Waals surface area contributed by atoms with Crippen molar-refractivity contribution in [1.29, 1.82) is 0 Å². The van der Waals surface area contributed by atoms with Crippen molar-refractivity contribution in [2.45, 2.75) is 26.2 Å². The molecule has 372 valence electrons. The van der Waals surface area contributed by atoms with Gasteiger partial charge >= 0.3 is 46.5 Å². The summed E-state index contributed by atoms with van der Waals surface area (Å²) in [7, 11) is 0. The summed E-state index contributed by atoms with van der Waals surface area (Å²) in [5.74, 6) is -6.79. The number of nitro benzene ring substituents is 12. The molecule has 0 atom stereocenters. The molecule has 0 aliphatic carbocycles. The SMILES string of the molecule is Cc1c([N+](=O)[O-])cc([N+](=O)[O-])c(-c2c([N+](=O)[O-])c(Oc3c([N+](=O)[O-])c(-c4c([N+](=O)[O-])cc([N+](=O)[O-])c(C)c4[N+](=O)[O-])c([N+](=O)[O-])c(C(F)(F)F)c3[N+](=O)[O-])c([N+](=O)[O-])c(C(F)(F)F)c2[N+](=O)[O-])c1[N+](=O)[O-]. The number of halogens is 6. The van der Waals surface area contributed by atoms with Gasteiger partial charge in [0.1, 0.15) is 11.1 Å². The number of hydrogen-bond acceptors (Lipinski definition) is 25. The van der Waals surface area contributed by atoms with Crippen LogP contribution in [0.2, 0.25) is 0 Å². The quantitative estimate of drug-likeness (QED) is 0.0577. The smallest absolute Gasteiger partial charge is 0.429 e. The van der Waals surface area contributed by atoms with Crippen LogP contribution in [0, 0.1) is 135 Å². The highest BCUT2D eigenvalue weighted by atomic mass is 19.4. The Morgan fingerprint density at radius 3 is 0.732 bits per heavy atom. The van der Waals surface area contributed by atoms with Crippen LogP contribution in [0.25, 0.3) is 22.3 Å². The molecule has 0 radical (unpaired) electrons. The van der Waals surface area contributed by atoms with E-state index in [0.717, 1.165) is 0 Å². The molecule has 0 unspecified atom stereocenters. The lowest BCUT2D eigenvalue weighted by molar-refractivity contribution is -0.411. The van der Waals surface area contributed by atoms with Gasteiger partial charge in [-0.05, 0) is 13.8 Å². The molecule has 0 fully saturated rings. The molecule has 0 spiro atoms. The highest BCUT2D eigenvalue weighted by molar-refractivity contribution is 6.02. The van der Waals surface area contributed by atoms with Gasteiger partial charge < -0.3 is 4.74 Å². The highest BCUT2D eigenvalue weighted by Gasteiger charge is 2.60. The molecule has 4 rings (SSSR count). The summed E-state index contributed by atoms with van der Waals surface area (Å²) >= 11 is 0. The summed E-state index contributed by atoms with van der Waals surface area (Å²) in [6, 6.07) is -0.944. The second-order valence-corrected chi connectivity index (χ2v) is 13.0. The largest absolute Gasteiger partial charge is 0.430 e. The van der Waals surface area contributed by atoms with Crippen molar-refractivity contribution < 1.29 is 90.2 Å². The molecule has 0 bridgehead atoms. The number of rotatable bonds is 16. The average Bonchev–Trinajstić information content (AvgIpc) is 3.19. The molecule has 0 saturated heterocycles. The molecule has 43 heteroatoms. The zero-order valence-electron chi connectivity index (χ0n) is 33.0. The minimum Gasteiger partial charge on any atom is -0.430 e. The molecule has 0 N–H and O–H groups in total. The van der Waals surface area contributed by atoms with Crippen molar-refractivity contribution in [3.8, 4) is 33.8 Å². The minimum absolute atomic E-state index is 0.205. The first-order valence-electron chi connectivity index (χ1n) is 16.8. The van der Waals surface area contributed by atoms with Crippen molar-refractivity contribution in [3.63, 3.8) is 0 Å². The van der Waals surface area contributed by atoms with E-state index in [-0.39, 0.29) is 13.8 Å². The first-order valence-corrected chi connectivity index (χ1v) is 16.8. The number of nitro groups is 12. The average molecular weight is 1030 g/mol. The van der Waals surface area contributed by atoms with Crippen LogP contribution in [0.15, 0.2) is 12.1 Å². The minimum atomic E-state index is -6.96. The number of nitrogens with zero attached hydrogens (tertiary/aromatic N) is 12. The van der Waals surface area contributed by atoms with Crippen LogP contribution < -0.4 is 4.74 Å². The van der Waals surface area contributed by atoms with Crippen LogP contribution in [-0.2, 0) is 12.4 Å². The first kappa shape index (κ1) is 52.7. The topological polar surface area (TPSA) is 527 Å². The molecule has 0 heterocycles. The Kier molecular flexibility index (Phi) is 13.1. The van der Waals surface area contributed by atoms with Crippen LogP contribution in [0.3, 0.4) is 0 Å². The van der Waals surface area contributed by atoms with Gasteiger partial charge in [0.15, 0.2) is 22.3 Å². The van der Waals surface area contributed by atoms with E-state index in [4.69, 9.17) is 0 Å². The maximum atomic E-state index is 15.2. The summed E-state index contributed by atoms with van der Waals surface area (Å²) in [5, 5.41) is 149. The van der Waals surface area contributed by atoms with E-state index < -0.39 is 208 Å². The van der Waals surface area contributed by atoms with Crippen LogP contribution in [-0.4, -0.2) is 59.1 Å². The van der Waals surface area contributed by atoms with Crippen molar-refractivity contribution in [2.75, 3.05) is 0 Å². The summed E-state index contributed by atoms with van der Waals surface area (Å²) in [4.78, 5) is 122. The number of alkyl halides is 6. The second-order valence-electron chi connectivity index (χ2n) is 13.0. The Balaban J connectivity index is 2.75. The van der Waals surface area contributed by atoms with Gasteiger partial charge in [-0.3, -0.25) is 121 Å². The van der Waals surface area contributed by atoms with Gasteiger partial charge in [-0.2, -0.15) is 26.3 Å². The third-order valence-corrected chi connectivity index (χ3v) is 9.28. The molecule has 0 aliphatic heterocycles. The summed E-state index contributed by atoms with van der Waals surface area (Å²) in [6.45, 7) is 0.410. The normalized spacial score (nSPS) is 11.3. The predicted octanol–water partition coefficient (Wildman–Crippen LogP) is 8.37. The molecular weight excluding hydrogens is 1020 g/mol. The van der Waals surface area contributed by atoms with Crippen LogP contribution in [0.1, 0.15) is 22.3 Å². The third kappa shape index (κ3) is 8.65. The van der Waals surface area contributed by atoms with E-state index >= 15 is 26.3 Å². The highest BCUT2D eigenvalue weighted by Crippen LogP contribution is 2.65. The molecule has 0 aliphatic rings. The Morgan fingerprint density at radius 2 is 0.549 bits per heavy atom. The summed E-state index contributed by atoms with van der Waals surface area (Å²) in [5.41, 5.74) is -55.1. The standard InChI is InChI=1S/C28H8F6N12O25/c1-5-7(35(47)48)3-9(37(51)52)11(17(5)39(55)56)13-19(41(59)60)15(27(29,30)31)23(45(67)68)25(21(13)43(63)64)71-26-22(44(65)66)14(20(42(61)62)16(28(32,33)34)24(26)46(69)70)12-10(38(53)54)4-8(36(49)50)6(2)18(12)40(57)58/h3-4H,1-2H3. The zero-order chi connectivity index (χ0) is 54.8. The Hall–Kier alpha value is -10.9. The molecule has 71 heavy (non-hydrogen) atoms. The van der Waals surface area contributed by atoms with Gasteiger partial charge in [-0.1, -0.05) is 0 Å². The van der Waals surface area contributed by atoms with E-state index in [2.05, 4.69) is 4.74 Å². The van der Waals surface area contributed by atoms with Gasteiger partial charge in [0.05, 0.1) is 71.2 Å². The molecule has 0 amide bonds. The van der Waals surface area contributed by atoms with Crippen LogP contribution >= 0.6 is 0 Å². The summed E-state index contributed by atoms with van der Waals surface area (Å²) < 4.78 is 95.5. The van der Waals surface area contributed by atoms with E-state index in [1.807, 2.05) is 0 Å². The second kappa shape index (κ2) is 17.7. The van der Waals surface area contributed by atoms with E-state index in [9.17, 15) is 121 Å². The fraction of sp³-hybridized carbons (Fsp3) is 0.143. The van der Waals surface area contributed by atoms with Crippen LogP contribution in [0.4, 0.5) is 94.6 Å². The van der Waals surface area contributed by atoms with E-state index in [1.54, 1.807) is 0 Å². The van der Waals surface area contributed by atoms with E-state index in [1.165, 1.54) is 0 Å². The lowest BCUT2D eigenvalue weighted by Crippen LogP contribution is -2.18. The van der Waals surface area contributed by atoms with Crippen molar-refractivity contribution in [3.05, 3.63) is 156 Å². The Bertz CT molecular complexity index is 3070. The number of ether oxygens (including phenoxy) is 1. The number of hydrogen-bond donors (Lipinski definition) is 0. The summed E-state index contributed by atoms with van der Waals surface area (Å²) in [6.07, 6.45) is -13.9. The molecule has 4 aromatic carbocycles. The van der Waals surface area contributed by atoms with Crippen LogP contribution in [0.5, 0.6) is 11.5 Å². The predicted molar refractivity (Wildman–Crippen MR) is 203 cm³/mol. The monoisotopic (exact) mass is 1030 g/mol. The van der Waals surface area contributed by atoms with Crippen molar-refractivity contribution in [2.24, 2.45) is 0 Å². The maximum Gasteiger partial charge on any atom is 0.429 e. The third-order valence-electron chi connectivity index (χ3n) is 9.28. The van der Waals surface area contributed by atoms with Gasteiger partial charge in [-0.15, -0.1) is 0 Å².